The standard InChI is InChI=1S/C26H29FN8O4S/c1-26(2,3)39-25(37)35(4)17-10-14(27)9-16-19-21-29-8-6-5-7-28-18(36)13-40-24-30-11-15(12-31-24)38-23(33-21)34-22(19)32-20(16)17/h9-12H,5-8,13H2,1-4H3,(H,28,36)(H2,29,32,33,34). The summed E-state index contributed by atoms with van der Waals surface area (Å²) in [7, 11) is 1.52. The van der Waals surface area contributed by atoms with Crippen molar-refractivity contribution >= 4 is 57.2 Å². The van der Waals surface area contributed by atoms with E-state index < -0.39 is 17.5 Å². The molecule has 2 aliphatic heterocycles. The van der Waals surface area contributed by atoms with Crippen molar-refractivity contribution in [1.82, 2.24) is 30.2 Å². The Kier molecular flexibility index (Phi) is 7.61. The van der Waals surface area contributed by atoms with Gasteiger partial charge in [-0.3, -0.25) is 9.69 Å². The highest BCUT2D eigenvalue weighted by Crippen LogP contribution is 2.37. The zero-order valence-electron chi connectivity index (χ0n) is 22.5. The highest BCUT2D eigenvalue weighted by Gasteiger charge is 2.25. The normalized spacial score (nSPS) is 14.8. The van der Waals surface area contributed by atoms with Gasteiger partial charge in [0.05, 0.1) is 34.7 Å². The summed E-state index contributed by atoms with van der Waals surface area (Å²) in [4.78, 5) is 47.0. The molecule has 3 N–H and O–H groups in total. The van der Waals surface area contributed by atoms with Crippen LogP contribution in [0.1, 0.15) is 33.6 Å². The number of carbonyl (C=O) groups is 2. The second-order valence-electron chi connectivity index (χ2n) is 10.2. The molecular formula is C26H29FN8O4S. The van der Waals surface area contributed by atoms with Crippen LogP contribution in [0.3, 0.4) is 0 Å². The Hall–Kier alpha value is -4.20. The summed E-state index contributed by atoms with van der Waals surface area (Å²) in [6, 6.07) is 2.65. The number of nitrogens with zero attached hydrogens (tertiary/aromatic N) is 5. The molecule has 210 valence electrons. The van der Waals surface area contributed by atoms with Gasteiger partial charge < -0.3 is 25.1 Å². The SMILES string of the molecule is CN(C(=O)OC(C)(C)C)c1cc(F)cc2c1[nH]c1nc3nc(c12)NCCCCNC(=O)CSc1ncc(cn1)O3. The van der Waals surface area contributed by atoms with Crippen molar-refractivity contribution in [2.45, 2.75) is 44.4 Å². The molecule has 3 aromatic heterocycles. The third-order valence-corrected chi connectivity index (χ3v) is 6.75. The van der Waals surface area contributed by atoms with Gasteiger partial charge in [-0.2, -0.15) is 9.97 Å². The summed E-state index contributed by atoms with van der Waals surface area (Å²) in [5.41, 5.74) is 0.413. The summed E-state index contributed by atoms with van der Waals surface area (Å²) >= 11 is 1.23. The van der Waals surface area contributed by atoms with Gasteiger partial charge in [0, 0.05) is 25.5 Å². The minimum Gasteiger partial charge on any atom is -0.443 e. The summed E-state index contributed by atoms with van der Waals surface area (Å²) < 4.78 is 26.3. The molecule has 0 fully saturated rings. The number of halogens is 1. The maximum Gasteiger partial charge on any atom is 0.414 e. The zero-order valence-corrected chi connectivity index (χ0v) is 23.3. The monoisotopic (exact) mass is 568 g/mol. The molecule has 0 atom stereocenters. The largest absolute Gasteiger partial charge is 0.443 e. The van der Waals surface area contributed by atoms with Gasteiger partial charge in [-0.1, -0.05) is 11.8 Å². The van der Waals surface area contributed by atoms with E-state index in [-0.39, 0.29) is 23.4 Å². The Morgan fingerprint density at radius 3 is 2.58 bits per heavy atom. The molecule has 6 rings (SSSR count). The number of hydrogen-bond acceptors (Lipinski definition) is 10. The van der Waals surface area contributed by atoms with Crippen molar-refractivity contribution in [1.29, 1.82) is 0 Å². The Morgan fingerprint density at radius 2 is 1.85 bits per heavy atom. The highest BCUT2D eigenvalue weighted by atomic mass is 32.2. The van der Waals surface area contributed by atoms with Crippen LogP contribution in [0.25, 0.3) is 21.9 Å². The van der Waals surface area contributed by atoms with Gasteiger partial charge in [0.1, 0.15) is 22.9 Å². The van der Waals surface area contributed by atoms with Gasteiger partial charge in [-0.15, -0.1) is 0 Å². The Morgan fingerprint density at radius 1 is 1.12 bits per heavy atom. The number of aromatic amines is 1. The van der Waals surface area contributed by atoms with E-state index in [1.54, 1.807) is 20.8 Å². The number of rotatable bonds is 1. The van der Waals surface area contributed by atoms with Crippen molar-refractivity contribution in [2.75, 3.05) is 36.1 Å². The topological polar surface area (TPSA) is 147 Å². The van der Waals surface area contributed by atoms with Gasteiger partial charge in [0.25, 0.3) is 0 Å². The van der Waals surface area contributed by atoms with Crippen molar-refractivity contribution in [3.63, 3.8) is 0 Å². The number of H-pyrrole nitrogens is 1. The molecule has 0 unspecified atom stereocenters. The minimum atomic E-state index is -0.727. The van der Waals surface area contributed by atoms with E-state index in [1.807, 2.05) is 0 Å². The van der Waals surface area contributed by atoms with Crippen molar-refractivity contribution in [2.24, 2.45) is 0 Å². The van der Waals surface area contributed by atoms with Crippen LogP contribution < -0.4 is 20.3 Å². The molecule has 12 nitrogen and oxygen atoms in total. The maximum absolute atomic E-state index is 14.9. The molecule has 0 saturated carbocycles. The molecule has 2 amide bonds. The summed E-state index contributed by atoms with van der Waals surface area (Å²) in [6.07, 6.45) is 3.79. The number of benzene rings is 1. The second kappa shape index (κ2) is 11.1. The van der Waals surface area contributed by atoms with Crippen molar-refractivity contribution < 1.29 is 23.5 Å². The van der Waals surface area contributed by atoms with Crippen LogP contribution in [0.2, 0.25) is 0 Å². The van der Waals surface area contributed by atoms with E-state index in [4.69, 9.17) is 9.47 Å². The van der Waals surface area contributed by atoms with Gasteiger partial charge >= 0.3 is 12.1 Å². The lowest BCUT2D eigenvalue weighted by molar-refractivity contribution is -0.118. The first-order valence-corrected chi connectivity index (χ1v) is 13.7. The predicted molar refractivity (Wildman–Crippen MR) is 150 cm³/mol. The second-order valence-corrected chi connectivity index (χ2v) is 11.1. The summed E-state index contributed by atoms with van der Waals surface area (Å²) in [6.45, 7) is 6.33. The molecule has 4 aromatic rings. The minimum absolute atomic E-state index is 0.0224. The molecule has 0 radical (unpaired) electrons. The molecule has 40 heavy (non-hydrogen) atoms. The van der Waals surface area contributed by atoms with Gasteiger partial charge in [0.15, 0.2) is 10.9 Å². The van der Waals surface area contributed by atoms with E-state index in [1.165, 1.54) is 48.2 Å². The molecule has 14 heteroatoms. The molecule has 4 bridgehead atoms. The average molecular weight is 569 g/mol. The smallest absolute Gasteiger partial charge is 0.414 e. The number of carbonyl (C=O) groups excluding carboxylic acids is 2. The zero-order chi connectivity index (χ0) is 28.4. The fourth-order valence-corrected chi connectivity index (χ4v) is 4.71. The molecular weight excluding hydrogens is 539 g/mol. The van der Waals surface area contributed by atoms with Crippen LogP contribution >= 0.6 is 11.8 Å². The maximum atomic E-state index is 14.9. The molecule has 0 aliphatic carbocycles. The number of thioether (sulfide) groups is 1. The van der Waals surface area contributed by atoms with Crippen LogP contribution in [-0.2, 0) is 9.53 Å². The van der Waals surface area contributed by atoms with Crippen LogP contribution in [-0.4, -0.2) is 68.4 Å². The summed E-state index contributed by atoms with van der Waals surface area (Å²) in [5.74, 6) is 0.293. The molecule has 1 aromatic carbocycles. The Balaban J connectivity index is 1.58. The Bertz CT molecular complexity index is 1570. The highest BCUT2D eigenvalue weighted by molar-refractivity contribution is 7.99. The van der Waals surface area contributed by atoms with E-state index in [0.29, 0.717) is 51.7 Å². The lowest BCUT2D eigenvalue weighted by Crippen LogP contribution is -2.34. The van der Waals surface area contributed by atoms with Crippen molar-refractivity contribution in [3.8, 4) is 11.8 Å². The third kappa shape index (κ3) is 6.17. The Labute approximate surface area is 233 Å². The van der Waals surface area contributed by atoms with Crippen LogP contribution in [0, 0.1) is 5.82 Å². The summed E-state index contributed by atoms with van der Waals surface area (Å²) in [5, 5.41) is 7.64. The van der Waals surface area contributed by atoms with Crippen LogP contribution in [0.15, 0.2) is 29.7 Å². The van der Waals surface area contributed by atoms with Crippen molar-refractivity contribution in [3.05, 3.63) is 30.3 Å². The number of fused-ring (bicyclic) bond motifs is 13. The lowest BCUT2D eigenvalue weighted by atomic mass is 10.1. The molecule has 2 aliphatic rings. The molecule has 0 spiro atoms. The number of nitrogens with one attached hydrogen (secondary N) is 3. The van der Waals surface area contributed by atoms with E-state index >= 15 is 0 Å². The van der Waals surface area contributed by atoms with E-state index in [2.05, 4.69) is 35.6 Å². The number of hydrogen-bond donors (Lipinski definition) is 3. The predicted octanol–water partition coefficient (Wildman–Crippen LogP) is 4.62. The number of ether oxygens (including phenoxy) is 2. The van der Waals surface area contributed by atoms with E-state index in [9.17, 15) is 14.0 Å². The van der Waals surface area contributed by atoms with Crippen LogP contribution in [0.4, 0.5) is 20.7 Å². The van der Waals surface area contributed by atoms with Gasteiger partial charge in [-0.05, 0) is 45.7 Å². The molecule has 0 saturated heterocycles. The fraction of sp³-hybridized carbons (Fsp3) is 0.385. The van der Waals surface area contributed by atoms with Crippen LogP contribution in [0.5, 0.6) is 11.8 Å². The van der Waals surface area contributed by atoms with Gasteiger partial charge in [0.2, 0.25) is 5.91 Å². The fourth-order valence-electron chi connectivity index (χ4n) is 4.09. The number of anilines is 2. The lowest BCUT2D eigenvalue weighted by Gasteiger charge is -2.25. The first-order valence-electron chi connectivity index (χ1n) is 12.7. The first kappa shape index (κ1) is 27.4. The number of amides is 2. The number of aromatic nitrogens is 5. The first-order chi connectivity index (χ1) is 19.1. The van der Waals surface area contributed by atoms with Gasteiger partial charge in [-0.25, -0.2) is 19.2 Å². The van der Waals surface area contributed by atoms with E-state index in [0.717, 1.165) is 12.8 Å². The molecule has 5 heterocycles. The quantitative estimate of drug-likeness (QED) is 0.278. The average Bonchev–Trinajstić information content (AvgIpc) is 3.26. The third-order valence-electron chi connectivity index (χ3n) is 5.88.